The van der Waals surface area contributed by atoms with Gasteiger partial charge in [0.25, 0.3) is 0 Å². The first-order valence-corrected chi connectivity index (χ1v) is 12.1. The fraction of sp³-hybridized carbons (Fsp3) is 0.500. The summed E-state index contributed by atoms with van der Waals surface area (Å²) in [5.41, 5.74) is 5.63. The summed E-state index contributed by atoms with van der Waals surface area (Å²) in [6, 6.07) is 6.98. The number of benzene rings is 2. The van der Waals surface area contributed by atoms with Crippen LogP contribution in [0.15, 0.2) is 33.2 Å². The Morgan fingerprint density at radius 2 is 1.52 bits per heavy atom. The Labute approximate surface area is 207 Å². The second-order valence-corrected chi connectivity index (χ2v) is 9.89. The lowest BCUT2D eigenvalue weighted by atomic mass is 9.97. The number of nitrogens with two attached hydrogens (primary N) is 1. The number of aromatic hydroxyl groups is 1. The molecule has 2 fully saturated rings. The minimum atomic E-state index is -1.82. The van der Waals surface area contributed by atoms with Crippen LogP contribution in [0.1, 0.15) is 32.1 Å². The van der Waals surface area contributed by atoms with Crippen LogP contribution in [-0.2, 0) is 9.53 Å². The quantitative estimate of drug-likeness (QED) is 0.314. The standard InChI is InChI=1S/C16H14Br2O8.C6H13N/c17-7-1-5-3-9(19)10(4-6(5)2-8(7)18)25-16-13(22)11(20)12(21)14(26-16)15(23)24;7-6-4-2-1-3-5-6/h1-4,11-14,16,19-22H,(H,23,24);6H,1-5,7H2/t11-,12-,13+,14-,16+;/m0./s1. The van der Waals surface area contributed by atoms with Crippen LogP contribution in [0.2, 0.25) is 0 Å². The third kappa shape index (κ3) is 6.36. The maximum Gasteiger partial charge on any atom is 0.335 e. The molecule has 9 nitrogen and oxygen atoms in total. The Kier molecular flexibility index (Phi) is 8.95. The first-order chi connectivity index (χ1) is 15.6. The van der Waals surface area contributed by atoms with Crippen LogP contribution in [0.3, 0.4) is 0 Å². The molecule has 1 heterocycles. The highest BCUT2D eigenvalue weighted by molar-refractivity contribution is 9.13. The van der Waals surface area contributed by atoms with E-state index in [1.54, 1.807) is 12.1 Å². The first kappa shape index (κ1) is 26.1. The molecule has 0 amide bonds. The van der Waals surface area contributed by atoms with Gasteiger partial charge in [-0.1, -0.05) is 19.3 Å². The smallest absolute Gasteiger partial charge is 0.335 e. The van der Waals surface area contributed by atoms with Gasteiger partial charge in [-0.3, -0.25) is 0 Å². The Morgan fingerprint density at radius 3 is 2.03 bits per heavy atom. The maximum absolute atomic E-state index is 11.1. The minimum Gasteiger partial charge on any atom is -0.504 e. The number of aliphatic carboxylic acids is 1. The number of carbonyl (C=O) groups is 1. The first-order valence-electron chi connectivity index (χ1n) is 10.5. The van der Waals surface area contributed by atoms with Crippen molar-refractivity contribution in [1.82, 2.24) is 0 Å². The zero-order valence-electron chi connectivity index (χ0n) is 17.6. The number of hydrogen-bond acceptors (Lipinski definition) is 8. The molecule has 2 aromatic carbocycles. The van der Waals surface area contributed by atoms with E-state index in [2.05, 4.69) is 31.9 Å². The predicted molar refractivity (Wildman–Crippen MR) is 127 cm³/mol. The number of carboxylic acid groups (broad SMARTS) is 1. The summed E-state index contributed by atoms with van der Waals surface area (Å²) in [5, 5.41) is 50.1. The molecule has 1 saturated heterocycles. The van der Waals surface area contributed by atoms with Gasteiger partial charge in [-0.2, -0.15) is 0 Å². The Balaban J connectivity index is 0.000000374. The van der Waals surface area contributed by atoms with Crippen LogP contribution >= 0.6 is 31.9 Å². The highest BCUT2D eigenvalue weighted by Gasteiger charge is 2.48. The van der Waals surface area contributed by atoms with Crippen molar-refractivity contribution in [2.45, 2.75) is 68.9 Å². The van der Waals surface area contributed by atoms with E-state index in [0.29, 0.717) is 16.8 Å². The zero-order chi connectivity index (χ0) is 24.3. The van der Waals surface area contributed by atoms with Gasteiger partial charge in [0.15, 0.2) is 17.6 Å². The number of aliphatic hydroxyl groups is 3. The number of halogens is 2. The van der Waals surface area contributed by atoms with Crippen molar-refractivity contribution in [3.8, 4) is 11.5 Å². The molecule has 182 valence electrons. The molecule has 0 unspecified atom stereocenters. The molecule has 11 heteroatoms. The summed E-state index contributed by atoms with van der Waals surface area (Å²) in [6.07, 6.45) is -2.05. The normalized spacial score (nSPS) is 28.1. The molecule has 0 spiro atoms. The Hall–Kier alpha value is -1.47. The van der Waals surface area contributed by atoms with E-state index in [4.69, 9.17) is 20.3 Å². The van der Waals surface area contributed by atoms with Crippen molar-refractivity contribution in [3.05, 3.63) is 33.2 Å². The summed E-state index contributed by atoms with van der Waals surface area (Å²) in [5.74, 6) is -1.87. The average molecular weight is 593 g/mol. The summed E-state index contributed by atoms with van der Waals surface area (Å²) in [6.45, 7) is 0. The van der Waals surface area contributed by atoms with Gasteiger partial charge in [0, 0.05) is 15.0 Å². The molecule has 1 saturated carbocycles. The van der Waals surface area contributed by atoms with Crippen LogP contribution < -0.4 is 10.5 Å². The fourth-order valence-electron chi connectivity index (χ4n) is 3.76. The molecule has 4 rings (SSSR count). The van der Waals surface area contributed by atoms with Gasteiger partial charge < -0.3 is 40.7 Å². The highest BCUT2D eigenvalue weighted by Crippen LogP contribution is 2.37. The lowest BCUT2D eigenvalue weighted by Crippen LogP contribution is -2.61. The van der Waals surface area contributed by atoms with Gasteiger partial charge in [-0.25, -0.2) is 4.79 Å². The highest BCUT2D eigenvalue weighted by atomic mass is 79.9. The van der Waals surface area contributed by atoms with Gasteiger partial charge in [0.1, 0.15) is 18.3 Å². The predicted octanol–water partition coefficient (Wildman–Crippen LogP) is 2.62. The van der Waals surface area contributed by atoms with Crippen molar-refractivity contribution in [2.24, 2.45) is 5.73 Å². The van der Waals surface area contributed by atoms with Crippen LogP contribution in [0, 0.1) is 0 Å². The van der Waals surface area contributed by atoms with Crippen molar-refractivity contribution < 1.29 is 39.8 Å². The van der Waals surface area contributed by atoms with E-state index in [-0.39, 0.29) is 11.5 Å². The Morgan fingerprint density at radius 1 is 0.939 bits per heavy atom. The van der Waals surface area contributed by atoms with Gasteiger partial charge in [-0.15, -0.1) is 0 Å². The number of hydrogen-bond donors (Lipinski definition) is 6. The zero-order valence-corrected chi connectivity index (χ0v) is 20.8. The molecular formula is C22H27Br2NO8. The van der Waals surface area contributed by atoms with Gasteiger partial charge in [0.05, 0.1) is 0 Å². The van der Waals surface area contributed by atoms with Crippen LogP contribution in [-0.4, -0.2) is 68.2 Å². The van der Waals surface area contributed by atoms with Crippen molar-refractivity contribution in [3.63, 3.8) is 0 Å². The molecule has 7 N–H and O–H groups in total. The van der Waals surface area contributed by atoms with Crippen LogP contribution in [0.4, 0.5) is 0 Å². The third-order valence-electron chi connectivity index (χ3n) is 5.66. The molecule has 5 atom stereocenters. The number of fused-ring (bicyclic) bond motifs is 1. The van der Waals surface area contributed by atoms with E-state index in [1.165, 1.54) is 44.2 Å². The number of carboxylic acids is 1. The van der Waals surface area contributed by atoms with Crippen molar-refractivity contribution >= 4 is 48.6 Å². The molecule has 0 bridgehead atoms. The largest absolute Gasteiger partial charge is 0.504 e. The SMILES string of the molecule is NC1CCCCC1.O=C(O)[C@H]1O[C@@H](Oc2cc3cc(Br)c(Br)cc3cc2O)[C@H](O)[C@@H](O)[C@@H]1O. The molecule has 33 heavy (non-hydrogen) atoms. The van der Waals surface area contributed by atoms with E-state index in [0.717, 1.165) is 8.95 Å². The summed E-state index contributed by atoms with van der Waals surface area (Å²) >= 11 is 6.72. The second kappa shape index (κ2) is 11.3. The second-order valence-electron chi connectivity index (χ2n) is 8.18. The van der Waals surface area contributed by atoms with E-state index >= 15 is 0 Å². The summed E-state index contributed by atoms with van der Waals surface area (Å²) in [4.78, 5) is 11.1. The van der Waals surface area contributed by atoms with Crippen molar-refractivity contribution in [2.75, 3.05) is 0 Å². The monoisotopic (exact) mass is 591 g/mol. The van der Waals surface area contributed by atoms with Crippen LogP contribution in [0.25, 0.3) is 10.8 Å². The average Bonchev–Trinajstić information content (AvgIpc) is 2.76. The number of phenols is 1. The van der Waals surface area contributed by atoms with Gasteiger partial charge >= 0.3 is 5.97 Å². The lowest BCUT2D eigenvalue weighted by molar-refractivity contribution is -0.271. The minimum absolute atomic E-state index is 0.0801. The molecule has 0 radical (unpaired) electrons. The molecular weight excluding hydrogens is 566 g/mol. The van der Waals surface area contributed by atoms with E-state index in [1.807, 2.05) is 0 Å². The van der Waals surface area contributed by atoms with E-state index in [9.17, 15) is 25.2 Å². The van der Waals surface area contributed by atoms with Gasteiger partial charge in [0.2, 0.25) is 6.29 Å². The third-order valence-corrected chi connectivity index (χ3v) is 7.51. The van der Waals surface area contributed by atoms with E-state index < -0.39 is 36.7 Å². The fourth-order valence-corrected chi connectivity index (χ4v) is 4.49. The van der Waals surface area contributed by atoms with Crippen molar-refractivity contribution in [1.29, 1.82) is 0 Å². The topological polar surface area (TPSA) is 163 Å². The summed E-state index contributed by atoms with van der Waals surface area (Å²) < 4.78 is 12.0. The maximum atomic E-state index is 11.1. The van der Waals surface area contributed by atoms with Crippen LogP contribution in [0.5, 0.6) is 11.5 Å². The molecule has 2 aromatic rings. The molecule has 0 aromatic heterocycles. The molecule has 1 aliphatic carbocycles. The lowest BCUT2D eigenvalue weighted by Gasteiger charge is -2.38. The Bertz CT molecular complexity index is 985. The number of phenolic OH excluding ortho intramolecular Hbond substituents is 1. The summed E-state index contributed by atoms with van der Waals surface area (Å²) in [7, 11) is 0. The number of rotatable bonds is 3. The van der Waals surface area contributed by atoms with Gasteiger partial charge in [-0.05, 0) is 79.7 Å². The number of aliphatic hydroxyl groups excluding tert-OH is 3. The molecule has 2 aliphatic rings. The number of ether oxygens (including phenoxy) is 2. The molecule has 1 aliphatic heterocycles.